The number of carboxylic acid groups (broad SMARTS) is 1. The Morgan fingerprint density at radius 1 is 1.35 bits per heavy atom. The van der Waals surface area contributed by atoms with Gasteiger partial charge in [-0.3, -0.25) is 0 Å². The molecule has 2 amide bonds. The average Bonchev–Trinajstić information content (AvgIpc) is 3.07. The molecule has 0 spiro atoms. The highest BCUT2D eigenvalue weighted by molar-refractivity contribution is 5.94. The molecule has 1 aliphatic carbocycles. The Bertz CT molecular complexity index is 554. The zero-order chi connectivity index (χ0) is 14.9. The minimum atomic E-state index is -0.985. The number of aromatic carboxylic acids is 1. The van der Waals surface area contributed by atoms with Crippen LogP contribution in [0, 0.1) is 25.7 Å². The molecule has 2 atom stereocenters. The van der Waals surface area contributed by atoms with Crippen molar-refractivity contribution < 1.29 is 14.7 Å². The van der Waals surface area contributed by atoms with Gasteiger partial charge in [-0.25, -0.2) is 9.59 Å². The molecule has 5 nitrogen and oxygen atoms in total. The molecule has 0 radical (unpaired) electrons. The molecule has 0 bridgehead atoms. The topological polar surface area (TPSA) is 78.4 Å². The van der Waals surface area contributed by atoms with Crippen molar-refractivity contribution in [2.75, 3.05) is 11.9 Å². The van der Waals surface area contributed by atoms with E-state index in [1.54, 1.807) is 13.0 Å². The van der Waals surface area contributed by atoms with E-state index in [2.05, 4.69) is 17.6 Å². The highest BCUT2D eigenvalue weighted by atomic mass is 16.4. The third kappa shape index (κ3) is 3.29. The van der Waals surface area contributed by atoms with Crippen LogP contribution in [0.5, 0.6) is 0 Å². The van der Waals surface area contributed by atoms with Crippen molar-refractivity contribution in [1.82, 2.24) is 5.32 Å². The lowest BCUT2D eigenvalue weighted by atomic mass is 10.0. The Morgan fingerprint density at radius 3 is 2.55 bits per heavy atom. The summed E-state index contributed by atoms with van der Waals surface area (Å²) in [4.78, 5) is 22.9. The number of benzene rings is 1. The molecular weight excluding hydrogens is 256 g/mol. The van der Waals surface area contributed by atoms with Gasteiger partial charge in [0.05, 0.1) is 5.56 Å². The fourth-order valence-electron chi connectivity index (χ4n) is 2.24. The predicted octanol–water partition coefficient (Wildman–Crippen LogP) is 2.78. The largest absolute Gasteiger partial charge is 0.478 e. The molecule has 108 valence electrons. The highest BCUT2D eigenvalue weighted by Gasteiger charge is 2.32. The van der Waals surface area contributed by atoms with Crippen molar-refractivity contribution in [1.29, 1.82) is 0 Å². The number of nitrogens with one attached hydrogen (secondary N) is 2. The molecule has 3 N–H and O–H groups in total. The second kappa shape index (κ2) is 5.53. The van der Waals surface area contributed by atoms with Crippen LogP contribution >= 0.6 is 0 Å². The minimum Gasteiger partial charge on any atom is -0.478 e. The molecule has 0 heterocycles. The van der Waals surface area contributed by atoms with Crippen LogP contribution in [0.15, 0.2) is 12.1 Å². The summed E-state index contributed by atoms with van der Waals surface area (Å²) in [6, 6.07) is 2.98. The smallest absolute Gasteiger partial charge is 0.336 e. The molecule has 1 aromatic carbocycles. The first kappa shape index (κ1) is 14.4. The Labute approximate surface area is 118 Å². The third-order valence-electron chi connectivity index (χ3n) is 3.96. The van der Waals surface area contributed by atoms with Crippen molar-refractivity contribution >= 4 is 17.7 Å². The summed E-state index contributed by atoms with van der Waals surface area (Å²) in [5.41, 5.74) is 2.29. The van der Waals surface area contributed by atoms with Crippen molar-refractivity contribution in [2.45, 2.75) is 27.2 Å². The first-order valence-corrected chi connectivity index (χ1v) is 6.78. The lowest BCUT2D eigenvalue weighted by Crippen LogP contribution is -2.30. The van der Waals surface area contributed by atoms with Gasteiger partial charge >= 0.3 is 12.0 Å². The fraction of sp³-hybridized carbons (Fsp3) is 0.467. The van der Waals surface area contributed by atoms with Gasteiger partial charge in [0.25, 0.3) is 0 Å². The average molecular weight is 276 g/mol. The number of carboxylic acids is 1. The van der Waals surface area contributed by atoms with Crippen LogP contribution in [0.3, 0.4) is 0 Å². The second-order valence-electron chi connectivity index (χ2n) is 5.58. The summed E-state index contributed by atoms with van der Waals surface area (Å²) >= 11 is 0. The predicted molar refractivity (Wildman–Crippen MR) is 77.2 cm³/mol. The van der Waals surface area contributed by atoms with E-state index in [-0.39, 0.29) is 11.6 Å². The first-order valence-electron chi connectivity index (χ1n) is 6.78. The van der Waals surface area contributed by atoms with Gasteiger partial charge < -0.3 is 15.7 Å². The molecule has 20 heavy (non-hydrogen) atoms. The molecule has 5 heteroatoms. The maximum atomic E-state index is 11.8. The van der Waals surface area contributed by atoms with E-state index in [1.807, 2.05) is 6.92 Å². The number of hydrogen-bond acceptors (Lipinski definition) is 2. The molecule has 1 aromatic rings. The van der Waals surface area contributed by atoms with E-state index in [9.17, 15) is 9.59 Å². The Kier molecular flexibility index (Phi) is 3.97. The van der Waals surface area contributed by atoms with Crippen molar-refractivity contribution in [3.05, 3.63) is 28.8 Å². The molecule has 2 unspecified atom stereocenters. The molecule has 0 aliphatic heterocycles. The number of aryl methyl sites for hydroxylation is 1. The molecule has 1 saturated carbocycles. The van der Waals surface area contributed by atoms with E-state index in [0.717, 1.165) is 17.5 Å². The van der Waals surface area contributed by atoms with Gasteiger partial charge in [-0.15, -0.1) is 0 Å². The lowest BCUT2D eigenvalue weighted by molar-refractivity contribution is 0.0696. The number of urea groups is 1. The highest BCUT2D eigenvalue weighted by Crippen LogP contribution is 2.36. The molecular formula is C15H20N2O3. The van der Waals surface area contributed by atoms with Crippen LogP contribution in [0.25, 0.3) is 0 Å². The summed E-state index contributed by atoms with van der Waals surface area (Å²) in [7, 11) is 0. The number of hydrogen-bond donors (Lipinski definition) is 3. The quantitative estimate of drug-likeness (QED) is 0.791. The summed E-state index contributed by atoms with van der Waals surface area (Å²) in [6.45, 7) is 6.42. The summed E-state index contributed by atoms with van der Waals surface area (Å²) in [5.74, 6) is 0.284. The number of rotatable bonds is 4. The van der Waals surface area contributed by atoms with Gasteiger partial charge in [-0.05, 0) is 55.4 Å². The van der Waals surface area contributed by atoms with Gasteiger partial charge in [-0.2, -0.15) is 0 Å². The Morgan fingerprint density at radius 2 is 2.00 bits per heavy atom. The van der Waals surface area contributed by atoms with Gasteiger partial charge in [0.1, 0.15) is 0 Å². The third-order valence-corrected chi connectivity index (χ3v) is 3.96. The Hall–Kier alpha value is -2.04. The lowest BCUT2D eigenvalue weighted by Gasteiger charge is -2.11. The van der Waals surface area contributed by atoms with E-state index >= 15 is 0 Å². The normalized spacial score (nSPS) is 20.4. The van der Waals surface area contributed by atoms with Crippen LogP contribution in [-0.4, -0.2) is 23.7 Å². The van der Waals surface area contributed by atoms with E-state index in [0.29, 0.717) is 24.1 Å². The van der Waals surface area contributed by atoms with Crippen LogP contribution in [0.2, 0.25) is 0 Å². The molecule has 0 aromatic heterocycles. The monoisotopic (exact) mass is 276 g/mol. The van der Waals surface area contributed by atoms with Gasteiger partial charge in [0.2, 0.25) is 0 Å². The number of amides is 2. The SMILES string of the molecule is Cc1cc(NC(=O)NCC2CC2C)cc(C(=O)O)c1C. The van der Waals surface area contributed by atoms with Crippen molar-refractivity contribution in [3.63, 3.8) is 0 Å². The number of anilines is 1. The Balaban J connectivity index is 2.01. The zero-order valence-corrected chi connectivity index (χ0v) is 12.0. The van der Waals surface area contributed by atoms with Crippen molar-refractivity contribution in [3.8, 4) is 0 Å². The molecule has 1 aliphatic rings. The van der Waals surface area contributed by atoms with Crippen LogP contribution in [0.4, 0.5) is 10.5 Å². The van der Waals surface area contributed by atoms with Gasteiger partial charge in [-0.1, -0.05) is 6.92 Å². The van der Waals surface area contributed by atoms with E-state index in [1.165, 1.54) is 6.07 Å². The van der Waals surface area contributed by atoms with E-state index in [4.69, 9.17) is 5.11 Å². The first-order chi connectivity index (χ1) is 9.38. The summed E-state index contributed by atoms with van der Waals surface area (Å²) in [5, 5.41) is 14.6. The van der Waals surface area contributed by atoms with Crippen LogP contribution < -0.4 is 10.6 Å². The molecule has 1 fully saturated rings. The molecule has 0 saturated heterocycles. The standard InChI is InChI=1S/C15H20N2O3/c1-8-5-12(6-13(10(8)3)14(18)19)17-15(20)16-7-11-4-9(11)2/h5-6,9,11H,4,7H2,1-3H3,(H,18,19)(H2,16,17,20). The minimum absolute atomic E-state index is 0.219. The second-order valence-corrected chi connectivity index (χ2v) is 5.58. The van der Waals surface area contributed by atoms with Gasteiger partial charge in [0.15, 0.2) is 0 Å². The zero-order valence-electron chi connectivity index (χ0n) is 12.0. The summed E-state index contributed by atoms with van der Waals surface area (Å²) in [6.07, 6.45) is 1.16. The maximum absolute atomic E-state index is 11.8. The fourth-order valence-corrected chi connectivity index (χ4v) is 2.24. The van der Waals surface area contributed by atoms with Gasteiger partial charge in [0, 0.05) is 12.2 Å². The van der Waals surface area contributed by atoms with E-state index < -0.39 is 5.97 Å². The van der Waals surface area contributed by atoms with Crippen LogP contribution in [0.1, 0.15) is 34.8 Å². The number of carbonyl (C=O) groups excluding carboxylic acids is 1. The number of carbonyl (C=O) groups is 2. The summed E-state index contributed by atoms with van der Waals surface area (Å²) < 4.78 is 0. The van der Waals surface area contributed by atoms with Crippen molar-refractivity contribution in [2.24, 2.45) is 11.8 Å². The molecule has 2 rings (SSSR count). The maximum Gasteiger partial charge on any atom is 0.336 e. The van der Waals surface area contributed by atoms with Crippen LogP contribution in [-0.2, 0) is 0 Å².